The number of carbonyl (C=O) groups excluding carboxylic acids is 1. The summed E-state index contributed by atoms with van der Waals surface area (Å²) in [4.78, 5) is 19.1. The van der Waals surface area contributed by atoms with Gasteiger partial charge in [-0.15, -0.1) is 0 Å². The molecular weight excluding hydrogens is 284 g/mol. The van der Waals surface area contributed by atoms with E-state index in [0.29, 0.717) is 6.61 Å². The summed E-state index contributed by atoms with van der Waals surface area (Å²) in [5.74, 6) is -0.0897. The monoisotopic (exact) mass is 318 g/mol. The lowest BCUT2D eigenvalue weighted by molar-refractivity contribution is -0.145. The molecule has 120 valence electrons. The molecule has 0 aromatic rings. The van der Waals surface area contributed by atoms with Gasteiger partial charge in [-0.2, -0.15) is 0 Å². The van der Waals surface area contributed by atoms with E-state index in [0.717, 1.165) is 25.8 Å². The largest absolute Gasteiger partial charge is 0.465 e. The van der Waals surface area contributed by atoms with Crippen LogP contribution in [0.2, 0.25) is 39.3 Å². The summed E-state index contributed by atoms with van der Waals surface area (Å²) in [7, 11) is -2.63. The van der Waals surface area contributed by atoms with Crippen LogP contribution in [0.25, 0.3) is 0 Å². The predicted octanol–water partition coefficient (Wildman–Crippen LogP) is 2.94. The molecule has 2 N–H and O–H groups in total. The maximum absolute atomic E-state index is 12.0. The van der Waals surface area contributed by atoms with Crippen molar-refractivity contribution in [2.45, 2.75) is 71.5 Å². The second-order valence-corrected chi connectivity index (χ2v) is 17.0. The Labute approximate surface area is 127 Å². The molecule has 20 heavy (non-hydrogen) atoms. The molecule has 0 bridgehead atoms. The van der Waals surface area contributed by atoms with Crippen LogP contribution in [0.3, 0.4) is 0 Å². The van der Waals surface area contributed by atoms with Gasteiger partial charge in [0.1, 0.15) is 16.5 Å². The molecule has 0 radical (unpaired) electrons. The molecule has 6 heteroatoms. The SMILES string of the molecule is CCOC(=O)C(CCCCN[Si](C)(C)C)N[Si](C)(C)C. The van der Waals surface area contributed by atoms with E-state index < -0.39 is 16.5 Å². The molecule has 0 rings (SSSR count). The maximum atomic E-state index is 12.0. The number of carbonyl (C=O) groups is 1. The molecule has 0 saturated carbocycles. The highest BCUT2D eigenvalue weighted by Crippen LogP contribution is 2.08. The molecule has 1 atom stereocenters. The third-order valence-corrected chi connectivity index (χ3v) is 5.28. The molecule has 0 aromatic carbocycles. The Balaban J connectivity index is 4.13. The maximum Gasteiger partial charge on any atom is 0.322 e. The van der Waals surface area contributed by atoms with Crippen molar-refractivity contribution in [2.75, 3.05) is 13.2 Å². The number of ether oxygens (including phenoxy) is 1. The van der Waals surface area contributed by atoms with E-state index in [1.165, 1.54) is 0 Å². The summed E-state index contributed by atoms with van der Waals surface area (Å²) < 4.78 is 5.17. The first-order valence-electron chi connectivity index (χ1n) is 7.74. The summed E-state index contributed by atoms with van der Waals surface area (Å²) in [6.45, 7) is 16.9. The molecule has 1 unspecified atom stereocenters. The van der Waals surface area contributed by atoms with Gasteiger partial charge in [-0.3, -0.25) is 4.79 Å². The first kappa shape index (κ1) is 19.8. The van der Waals surface area contributed by atoms with E-state index in [-0.39, 0.29) is 12.0 Å². The molecular formula is C14H34N2O2Si2. The Morgan fingerprint density at radius 2 is 1.65 bits per heavy atom. The number of rotatable bonds is 10. The van der Waals surface area contributed by atoms with Crippen molar-refractivity contribution in [1.82, 2.24) is 9.96 Å². The van der Waals surface area contributed by atoms with Crippen LogP contribution in [-0.4, -0.2) is 41.6 Å². The van der Waals surface area contributed by atoms with Crippen LogP contribution < -0.4 is 9.96 Å². The summed E-state index contributed by atoms with van der Waals surface area (Å²) in [5, 5.41) is 0. The lowest BCUT2D eigenvalue weighted by atomic mass is 10.1. The average molecular weight is 319 g/mol. The summed E-state index contributed by atoms with van der Waals surface area (Å²) in [6, 6.07) is -0.131. The predicted molar refractivity (Wildman–Crippen MR) is 92.1 cm³/mol. The van der Waals surface area contributed by atoms with Crippen molar-refractivity contribution in [3.05, 3.63) is 0 Å². The van der Waals surface area contributed by atoms with Gasteiger partial charge >= 0.3 is 5.97 Å². The topological polar surface area (TPSA) is 50.4 Å². The summed E-state index contributed by atoms with van der Waals surface area (Å²) in [6.07, 6.45) is 3.04. The molecule has 0 aliphatic heterocycles. The molecule has 0 spiro atoms. The van der Waals surface area contributed by atoms with Gasteiger partial charge in [0.05, 0.1) is 12.6 Å². The van der Waals surface area contributed by atoms with Gasteiger partial charge in [0.2, 0.25) is 0 Å². The fourth-order valence-corrected chi connectivity index (χ4v) is 4.19. The first-order chi connectivity index (χ1) is 9.05. The zero-order valence-corrected chi connectivity index (χ0v) is 16.4. The number of unbranched alkanes of at least 4 members (excludes halogenated alkanes) is 1. The average Bonchev–Trinajstić information content (AvgIpc) is 2.24. The fraction of sp³-hybridized carbons (Fsp3) is 0.929. The standard InChI is InChI=1S/C14H34N2O2Si2/c1-8-18-14(17)13(16-20(5,6)7)11-9-10-12-15-19(2,3)4/h13,15-16H,8-12H2,1-7H3. The number of hydrogen-bond acceptors (Lipinski definition) is 4. The normalized spacial score (nSPS) is 14.2. The highest BCUT2D eigenvalue weighted by Gasteiger charge is 2.25. The Morgan fingerprint density at radius 3 is 2.10 bits per heavy atom. The van der Waals surface area contributed by atoms with Gasteiger partial charge in [-0.25, -0.2) is 0 Å². The Bertz CT molecular complexity index is 286. The lowest BCUT2D eigenvalue weighted by Crippen LogP contribution is -2.51. The van der Waals surface area contributed by atoms with Gasteiger partial charge in [-0.05, 0) is 26.3 Å². The molecule has 0 aromatic heterocycles. The second kappa shape index (κ2) is 8.97. The van der Waals surface area contributed by atoms with Gasteiger partial charge < -0.3 is 14.7 Å². The van der Waals surface area contributed by atoms with Crippen LogP contribution in [0.4, 0.5) is 0 Å². The zero-order valence-electron chi connectivity index (χ0n) is 14.4. The fourth-order valence-electron chi connectivity index (χ4n) is 1.95. The zero-order chi connectivity index (χ0) is 15.8. The minimum atomic E-state index is -1.47. The Hall–Kier alpha value is -0.176. The van der Waals surface area contributed by atoms with Crippen molar-refractivity contribution in [3.8, 4) is 0 Å². The van der Waals surface area contributed by atoms with Crippen LogP contribution in [0, 0.1) is 0 Å². The molecule has 0 fully saturated rings. The van der Waals surface area contributed by atoms with Crippen LogP contribution in [-0.2, 0) is 9.53 Å². The van der Waals surface area contributed by atoms with E-state index in [1.54, 1.807) is 0 Å². The molecule has 0 saturated heterocycles. The van der Waals surface area contributed by atoms with E-state index in [4.69, 9.17) is 4.74 Å². The highest BCUT2D eigenvalue weighted by atomic mass is 28.3. The number of nitrogens with one attached hydrogen (secondary N) is 2. The Kier molecular flexibility index (Phi) is 8.89. The number of esters is 1. The second-order valence-electron chi connectivity index (χ2n) is 7.37. The lowest BCUT2D eigenvalue weighted by Gasteiger charge is -2.26. The van der Waals surface area contributed by atoms with Crippen LogP contribution in [0.15, 0.2) is 0 Å². The van der Waals surface area contributed by atoms with E-state index >= 15 is 0 Å². The van der Waals surface area contributed by atoms with Crippen LogP contribution >= 0.6 is 0 Å². The first-order valence-corrected chi connectivity index (χ1v) is 14.7. The van der Waals surface area contributed by atoms with Gasteiger partial charge in [0, 0.05) is 0 Å². The van der Waals surface area contributed by atoms with Crippen molar-refractivity contribution >= 4 is 22.4 Å². The van der Waals surface area contributed by atoms with Crippen molar-refractivity contribution in [1.29, 1.82) is 0 Å². The Morgan fingerprint density at radius 1 is 1.05 bits per heavy atom. The van der Waals surface area contributed by atoms with Gasteiger partial charge in [0.25, 0.3) is 0 Å². The van der Waals surface area contributed by atoms with Crippen LogP contribution in [0.5, 0.6) is 0 Å². The van der Waals surface area contributed by atoms with E-state index in [9.17, 15) is 4.79 Å². The minimum Gasteiger partial charge on any atom is -0.465 e. The smallest absolute Gasteiger partial charge is 0.322 e. The number of hydrogen-bond donors (Lipinski definition) is 2. The van der Waals surface area contributed by atoms with Crippen LogP contribution in [0.1, 0.15) is 26.2 Å². The quantitative estimate of drug-likeness (QED) is 0.369. The van der Waals surface area contributed by atoms with Crippen molar-refractivity contribution in [3.63, 3.8) is 0 Å². The summed E-state index contributed by atoms with van der Waals surface area (Å²) in [5.41, 5.74) is 0. The third kappa shape index (κ3) is 11.6. The van der Waals surface area contributed by atoms with Gasteiger partial charge in [0.15, 0.2) is 0 Å². The molecule has 0 heterocycles. The summed E-state index contributed by atoms with van der Waals surface area (Å²) >= 11 is 0. The molecule has 0 aliphatic carbocycles. The van der Waals surface area contributed by atoms with Gasteiger partial charge in [-0.1, -0.05) is 45.7 Å². The van der Waals surface area contributed by atoms with E-state index in [2.05, 4.69) is 49.2 Å². The minimum absolute atomic E-state index is 0.0897. The molecule has 0 amide bonds. The molecule has 0 aliphatic rings. The van der Waals surface area contributed by atoms with E-state index in [1.807, 2.05) is 6.92 Å². The molecule has 4 nitrogen and oxygen atoms in total. The highest BCUT2D eigenvalue weighted by molar-refractivity contribution is 6.74. The van der Waals surface area contributed by atoms with Crippen molar-refractivity contribution < 1.29 is 9.53 Å². The van der Waals surface area contributed by atoms with Crippen molar-refractivity contribution in [2.24, 2.45) is 0 Å². The third-order valence-electron chi connectivity index (χ3n) is 2.75.